The topological polar surface area (TPSA) is 172 Å². The van der Waals surface area contributed by atoms with Crippen LogP contribution in [-0.4, -0.2) is 59.2 Å². The van der Waals surface area contributed by atoms with Crippen molar-refractivity contribution in [1.29, 1.82) is 0 Å². The van der Waals surface area contributed by atoms with E-state index in [4.69, 9.17) is 25.7 Å². The van der Waals surface area contributed by atoms with Crippen molar-refractivity contribution in [3.05, 3.63) is 71.8 Å². The normalized spacial score (nSPS) is 12.0. The zero-order valence-corrected chi connectivity index (χ0v) is 26.0. The second kappa shape index (κ2) is 17.6. The number of methoxy groups -OCH3 is 1. The van der Waals surface area contributed by atoms with E-state index in [9.17, 15) is 18.0 Å². The van der Waals surface area contributed by atoms with Crippen molar-refractivity contribution in [2.45, 2.75) is 62.3 Å². The summed E-state index contributed by atoms with van der Waals surface area (Å²) in [6.45, 7) is 6.52. The summed E-state index contributed by atoms with van der Waals surface area (Å²) < 4.78 is 42.2. The zero-order valence-electron chi connectivity index (χ0n) is 25.2. The van der Waals surface area contributed by atoms with E-state index < -0.39 is 27.8 Å². The lowest BCUT2D eigenvalue weighted by atomic mass is 10.1. The largest absolute Gasteiger partial charge is 0.490 e. The quantitative estimate of drug-likeness (QED) is 0.0790. The Labute approximate surface area is 253 Å². The fourth-order valence-electron chi connectivity index (χ4n) is 3.82. The van der Waals surface area contributed by atoms with Gasteiger partial charge in [-0.15, -0.1) is 0 Å². The maximum absolute atomic E-state index is 13.1. The number of rotatable bonds is 17. The molecule has 0 radical (unpaired) electrons. The molecule has 0 bridgehead atoms. The van der Waals surface area contributed by atoms with Crippen LogP contribution in [0.25, 0.3) is 0 Å². The molecule has 5 N–H and O–H groups in total. The summed E-state index contributed by atoms with van der Waals surface area (Å²) in [6, 6.07) is 11.1. The number of allylic oxidation sites excluding steroid dienone is 3. The van der Waals surface area contributed by atoms with Gasteiger partial charge in [-0.25, -0.2) is 13.2 Å². The molecule has 0 aliphatic carbocycles. The van der Waals surface area contributed by atoms with Crippen molar-refractivity contribution < 1.29 is 32.2 Å². The first-order valence-corrected chi connectivity index (χ1v) is 15.3. The Morgan fingerprint density at radius 3 is 2.05 bits per heavy atom. The second-order valence-corrected chi connectivity index (χ2v) is 12.0. The average molecular weight is 615 g/mol. The van der Waals surface area contributed by atoms with Gasteiger partial charge in [0.25, 0.3) is 5.91 Å². The van der Waals surface area contributed by atoms with Gasteiger partial charge in [-0.1, -0.05) is 17.2 Å². The third kappa shape index (κ3) is 12.6. The van der Waals surface area contributed by atoms with Gasteiger partial charge in [-0.3, -0.25) is 9.79 Å². The molecule has 43 heavy (non-hydrogen) atoms. The predicted molar refractivity (Wildman–Crippen MR) is 166 cm³/mol. The zero-order chi connectivity index (χ0) is 31.8. The number of esters is 1. The minimum Gasteiger partial charge on any atom is -0.490 e. The van der Waals surface area contributed by atoms with Gasteiger partial charge in [0.05, 0.1) is 16.9 Å². The summed E-state index contributed by atoms with van der Waals surface area (Å²) in [7, 11) is -2.56. The summed E-state index contributed by atoms with van der Waals surface area (Å²) in [4.78, 5) is 28.4. The molecule has 1 atom stereocenters. The highest BCUT2D eigenvalue weighted by atomic mass is 32.2. The molecule has 0 aliphatic rings. The number of nitrogens with two attached hydrogens (primary N) is 2. The van der Waals surface area contributed by atoms with E-state index in [-0.39, 0.29) is 34.5 Å². The van der Waals surface area contributed by atoms with Gasteiger partial charge in [0.1, 0.15) is 24.1 Å². The number of nitrogens with zero attached hydrogens (tertiary/aromatic N) is 1. The van der Waals surface area contributed by atoms with Crippen LogP contribution in [0, 0.1) is 0 Å². The highest BCUT2D eigenvalue weighted by molar-refractivity contribution is 7.91. The molecule has 1 amide bonds. The van der Waals surface area contributed by atoms with Crippen molar-refractivity contribution in [3.63, 3.8) is 0 Å². The molecule has 234 valence electrons. The number of hydrogen-bond donors (Lipinski definition) is 3. The molecule has 2 aromatic rings. The maximum Gasteiger partial charge on any atom is 0.328 e. The maximum atomic E-state index is 13.1. The number of amides is 1. The Morgan fingerprint density at radius 1 is 0.930 bits per heavy atom. The van der Waals surface area contributed by atoms with Gasteiger partial charge in [0.2, 0.25) is 9.84 Å². The monoisotopic (exact) mass is 614 g/mol. The van der Waals surface area contributed by atoms with Crippen LogP contribution < -0.4 is 26.3 Å². The Kier molecular flexibility index (Phi) is 14.3. The highest BCUT2D eigenvalue weighted by Gasteiger charge is 2.22. The van der Waals surface area contributed by atoms with E-state index in [0.29, 0.717) is 25.3 Å². The number of ether oxygens (including phenoxy) is 3. The summed E-state index contributed by atoms with van der Waals surface area (Å²) in [5.74, 6) is -0.369. The van der Waals surface area contributed by atoms with Gasteiger partial charge >= 0.3 is 5.97 Å². The summed E-state index contributed by atoms with van der Waals surface area (Å²) in [5.41, 5.74) is 13.1. The van der Waals surface area contributed by atoms with Crippen LogP contribution in [0.4, 0.5) is 0 Å². The molecule has 0 saturated heterocycles. The lowest BCUT2D eigenvalue weighted by Gasteiger charge is -2.16. The summed E-state index contributed by atoms with van der Waals surface area (Å²) in [6.07, 6.45) is 6.87. The third-order valence-electron chi connectivity index (χ3n) is 6.18. The first-order chi connectivity index (χ1) is 20.4. The van der Waals surface area contributed by atoms with Crippen LogP contribution in [0.1, 0.15) is 46.5 Å². The Morgan fingerprint density at radius 2 is 1.51 bits per heavy atom. The van der Waals surface area contributed by atoms with Gasteiger partial charge < -0.3 is 31.0 Å². The molecule has 0 saturated carbocycles. The molecule has 2 rings (SSSR count). The van der Waals surface area contributed by atoms with E-state index in [1.54, 1.807) is 12.1 Å². The Bertz CT molecular complexity index is 1390. The van der Waals surface area contributed by atoms with Gasteiger partial charge in [-0.05, 0) is 101 Å². The molecule has 0 spiro atoms. The van der Waals surface area contributed by atoms with Crippen LogP contribution in [0.5, 0.6) is 11.5 Å². The molecular weight excluding hydrogens is 572 g/mol. The number of nitrogens with one attached hydrogen (secondary N) is 1. The fourth-order valence-corrected chi connectivity index (χ4v) is 5.08. The number of carbonyl (C=O) groups is 2. The molecule has 0 heterocycles. The smallest absolute Gasteiger partial charge is 0.328 e. The van der Waals surface area contributed by atoms with Crippen LogP contribution in [0.2, 0.25) is 0 Å². The highest BCUT2D eigenvalue weighted by Crippen LogP contribution is 2.25. The number of hydrogen-bond acceptors (Lipinski definition) is 8. The average Bonchev–Trinajstić information content (AvgIpc) is 2.97. The minimum atomic E-state index is -3.78. The number of guanidine groups is 1. The molecule has 12 heteroatoms. The van der Waals surface area contributed by atoms with Crippen molar-refractivity contribution in [1.82, 2.24) is 5.32 Å². The van der Waals surface area contributed by atoms with Gasteiger partial charge in [0, 0.05) is 6.54 Å². The SMILES string of the molecule is COC(=O)[C@H](CCCN=C(N)N)NC(=O)COc1ccc(S(=O)(=O)c2ccc(OC/C=C(/C)CCC=C(C)C)cc2)cc1. The summed E-state index contributed by atoms with van der Waals surface area (Å²) >= 11 is 0. The Balaban J connectivity index is 1.91. The molecule has 2 aromatic carbocycles. The molecule has 0 aromatic heterocycles. The van der Waals surface area contributed by atoms with E-state index >= 15 is 0 Å². The summed E-state index contributed by atoms with van der Waals surface area (Å²) in [5, 5.41) is 2.56. The van der Waals surface area contributed by atoms with Crippen LogP contribution in [-0.2, 0) is 24.2 Å². The molecule has 11 nitrogen and oxygen atoms in total. The van der Waals surface area contributed by atoms with E-state index in [1.165, 1.54) is 54.7 Å². The number of sulfone groups is 1. The lowest BCUT2D eigenvalue weighted by Crippen LogP contribution is -2.43. The first kappa shape index (κ1) is 34.9. The van der Waals surface area contributed by atoms with Crippen molar-refractivity contribution in [3.8, 4) is 11.5 Å². The van der Waals surface area contributed by atoms with Gasteiger partial charge in [-0.2, -0.15) is 0 Å². The van der Waals surface area contributed by atoms with Crippen molar-refractivity contribution in [2.75, 3.05) is 26.9 Å². The minimum absolute atomic E-state index is 0.0612. The molecule has 0 unspecified atom stereocenters. The van der Waals surface area contributed by atoms with Crippen LogP contribution in [0.15, 0.2) is 86.6 Å². The third-order valence-corrected chi connectivity index (χ3v) is 7.96. The van der Waals surface area contributed by atoms with Crippen LogP contribution in [0.3, 0.4) is 0 Å². The second-order valence-electron chi connectivity index (χ2n) is 10.0. The van der Waals surface area contributed by atoms with E-state index in [1.807, 2.05) is 6.08 Å². The van der Waals surface area contributed by atoms with Gasteiger partial charge in [0.15, 0.2) is 12.6 Å². The predicted octanol–water partition coefficient (Wildman–Crippen LogP) is 3.68. The number of benzene rings is 2. The lowest BCUT2D eigenvalue weighted by molar-refractivity contribution is -0.145. The standard InChI is InChI=1S/C31H42N4O7S/c1-22(2)7-5-8-23(3)18-20-41-24-10-14-26(15-11-24)43(38,39)27-16-12-25(13-17-27)42-21-29(36)35-28(30(37)40-4)9-6-19-34-31(32)33/h7,10-18,28H,5-6,8-9,19-21H2,1-4H3,(H,35,36)(H4,32,33,34)/b23-18-/t28-/m0/s1. The van der Waals surface area contributed by atoms with Crippen molar-refractivity contribution >= 4 is 27.7 Å². The molecule has 0 fully saturated rings. The van der Waals surface area contributed by atoms with Crippen molar-refractivity contribution in [2.24, 2.45) is 16.5 Å². The van der Waals surface area contributed by atoms with E-state index in [2.05, 4.69) is 37.2 Å². The van der Waals surface area contributed by atoms with Crippen LogP contribution >= 0.6 is 0 Å². The molecular formula is C31H42N4O7S. The number of aliphatic imine (C=N–C) groups is 1. The first-order valence-electron chi connectivity index (χ1n) is 13.8. The van der Waals surface area contributed by atoms with E-state index in [0.717, 1.165) is 12.8 Å². The fraction of sp³-hybridized carbons (Fsp3) is 0.387. The number of carbonyl (C=O) groups excluding carboxylic acids is 2. The molecule has 0 aliphatic heterocycles. The Hall–Kier alpha value is -4.32.